The molecule has 4 aromatic rings. The molecule has 1 atom stereocenters. The molecule has 10 heteroatoms. The molecule has 0 radical (unpaired) electrons. The number of pyridine rings is 1. The van der Waals surface area contributed by atoms with Gasteiger partial charge in [0.15, 0.2) is 5.82 Å². The number of hydrogen-bond acceptors (Lipinski definition) is 6. The van der Waals surface area contributed by atoms with Crippen LogP contribution in [-0.4, -0.2) is 39.6 Å². The van der Waals surface area contributed by atoms with Crippen molar-refractivity contribution >= 4 is 5.57 Å². The number of benzene rings is 1. The van der Waals surface area contributed by atoms with Crippen LogP contribution in [0.25, 0.3) is 11.4 Å². The van der Waals surface area contributed by atoms with Crippen molar-refractivity contribution in [2.24, 2.45) is 0 Å². The van der Waals surface area contributed by atoms with Gasteiger partial charge in [0.1, 0.15) is 42.5 Å². The Kier molecular flexibility index (Phi) is 4.69. The van der Waals surface area contributed by atoms with Gasteiger partial charge >= 0.3 is 0 Å². The molecule has 1 N–H and O–H groups in total. The van der Waals surface area contributed by atoms with Crippen LogP contribution in [0.3, 0.4) is 0 Å². The summed E-state index contributed by atoms with van der Waals surface area (Å²) in [6.07, 6.45) is 7.02. The minimum absolute atomic E-state index is 0.139. The lowest BCUT2D eigenvalue weighted by Crippen LogP contribution is -2.34. The van der Waals surface area contributed by atoms with Crippen molar-refractivity contribution in [1.29, 1.82) is 0 Å². The maximum absolute atomic E-state index is 14.6. The highest BCUT2D eigenvalue weighted by Crippen LogP contribution is 2.38. The van der Waals surface area contributed by atoms with E-state index >= 15 is 0 Å². The average Bonchev–Trinajstić information content (AvgIpc) is 3.41. The maximum Gasteiger partial charge on any atom is 0.155 e. The van der Waals surface area contributed by atoms with Crippen molar-refractivity contribution in [1.82, 2.24) is 34.5 Å². The van der Waals surface area contributed by atoms with Gasteiger partial charge in [-0.15, -0.1) is 0 Å². The quantitative estimate of drug-likeness (QED) is 0.538. The molecule has 1 aromatic carbocycles. The molecule has 0 aliphatic carbocycles. The van der Waals surface area contributed by atoms with Crippen LogP contribution in [0.15, 0.2) is 68.4 Å². The zero-order valence-electron chi connectivity index (χ0n) is 15.0. The van der Waals surface area contributed by atoms with Crippen molar-refractivity contribution in [3.05, 3.63) is 91.2 Å². The highest BCUT2D eigenvalue weighted by atomic mass is 19.1. The fourth-order valence-corrected chi connectivity index (χ4v) is 2.98. The molecule has 146 valence electrons. The summed E-state index contributed by atoms with van der Waals surface area (Å²) in [7, 11) is 0. The molecule has 0 fully saturated rings. The first kappa shape index (κ1) is 18.6. The number of hydrogen-bond donors (Lipinski definition) is 1. The van der Waals surface area contributed by atoms with E-state index in [0.717, 1.165) is 6.07 Å². The molecule has 0 saturated heterocycles. The second kappa shape index (κ2) is 7.32. The number of rotatable bonds is 6. The number of aromatic nitrogens is 7. The SMILES string of the molecule is C=C(c1ccc(-n2cncn2)nc1)C(O)(Cn1cncn1)c1ccc(F)cc1F. The largest absolute Gasteiger partial charge is 0.378 e. The molecule has 0 bridgehead atoms. The Bertz CT molecular complexity index is 1130. The average molecular weight is 395 g/mol. The van der Waals surface area contributed by atoms with Crippen LogP contribution in [0.1, 0.15) is 11.1 Å². The summed E-state index contributed by atoms with van der Waals surface area (Å²) in [5.41, 5.74) is -1.45. The summed E-state index contributed by atoms with van der Waals surface area (Å²) in [5.74, 6) is -1.15. The second-order valence-electron chi connectivity index (χ2n) is 6.30. The molecule has 0 amide bonds. The summed E-state index contributed by atoms with van der Waals surface area (Å²) in [6, 6.07) is 6.29. The van der Waals surface area contributed by atoms with Gasteiger partial charge in [-0.05, 0) is 35.4 Å². The van der Waals surface area contributed by atoms with E-state index in [1.165, 1.54) is 46.9 Å². The third kappa shape index (κ3) is 3.52. The molecule has 8 nitrogen and oxygen atoms in total. The minimum Gasteiger partial charge on any atom is -0.378 e. The molecule has 1 unspecified atom stereocenters. The summed E-state index contributed by atoms with van der Waals surface area (Å²) >= 11 is 0. The Morgan fingerprint density at radius 3 is 2.48 bits per heavy atom. The van der Waals surface area contributed by atoms with Gasteiger partial charge in [-0.3, -0.25) is 0 Å². The molecule has 0 spiro atoms. The first-order chi connectivity index (χ1) is 14.0. The lowest BCUT2D eigenvalue weighted by molar-refractivity contribution is 0.0726. The monoisotopic (exact) mass is 395 g/mol. The van der Waals surface area contributed by atoms with Gasteiger partial charge in [0.2, 0.25) is 0 Å². The van der Waals surface area contributed by atoms with E-state index in [4.69, 9.17) is 0 Å². The summed E-state index contributed by atoms with van der Waals surface area (Å²) in [5, 5.41) is 19.5. The maximum atomic E-state index is 14.6. The van der Waals surface area contributed by atoms with Crippen LogP contribution in [0.5, 0.6) is 0 Å². The smallest absolute Gasteiger partial charge is 0.155 e. The molecule has 29 heavy (non-hydrogen) atoms. The molecule has 0 aliphatic rings. The van der Waals surface area contributed by atoms with E-state index < -0.39 is 17.2 Å². The lowest BCUT2D eigenvalue weighted by atomic mass is 9.83. The second-order valence-corrected chi connectivity index (χ2v) is 6.30. The fraction of sp³-hybridized carbons (Fsp3) is 0.105. The zero-order valence-corrected chi connectivity index (χ0v) is 15.0. The number of halogens is 2. The van der Waals surface area contributed by atoms with E-state index in [2.05, 4.69) is 31.7 Å². The predicted octanol–water partition coefficient (Wildman–Crippen LogP) is 2.13. The number of aliphatic hydroxyl groups is 1. The van der Waals surface area contributed by atoms with E-state index in [0.29, 0.717) is 17.4 Å². The summed E-state index contributed by atoms with van der Waals surface area (Å²) in [6.45, 7) is 3.78. The number of nitrogens with zero attached hydrogens (tertiary/aromatic N) is 7. The molecule has 3 aromatic heterocycles. The normalized spacial score (nSPS) is 13.2. The first-order valence-electron chi connectivity index (χ1n) is 8.48. The first-order valence-corrected chi connectivity index (χ1v) is 8.48. The third-order valence-electron chi connectivity index (χ3n) is 4.48. The molecular weight excluding hydrogens is 380 g/mol. The van der Waals surface area contributed by atoms with Crippen LogP contribution < -0.4 is 0 Å². The Morgan fingerprint density at radius 1 is 1.07 bits per heavy atom. The minimum atomic E-state index is -1.93. The Hall–Kier alpha value is -3.79. The Labute approximate surface area is 163 Å². The predicted molar refractivity (Wildman–Crippen MR) is 98.5 cm³/mol. The molecule has 4 rings (SSSR count). The standard InChI is InChI=1S/C19H15F2N7O/c1-13(14-2-5-18(24-7-14)28-12-23-10-26-28)19(29,8-27-11-22-9-25-27)16-4-3-15(20)6-17(16)21/h2-7,9-12,29H,1,8H2. The van der Waals surface area contributed by atoms with E-state index in [1.54, 1.807) is 12.1 Å². The van der Waals surface area contributed by atoms with E-state index in [-0.39, 0.29) is 17.7 Å². The third-order valence-corrected chi connectivity index (χ3v) is 4.48. The highest BCUT2D eigenvalue weighted by molar-refractivity contribution is 5.71. The van der Waals surface area contributed by atoms with E-state index in [9.17, 15) is 13.9 Å². The van der Waals surface area contributed by atoms with Gasteiger partial charge in [0.05, 0.1) is 6.54 Å². The zero-order chi connectivity index (χ0) is 20.4. The van der Waals surface area contributed by atoms with Crippen molar-refractivity contribution in [3.8, 4) is 5.82 Å². The molecule has 0 saturated carbocycles. The van der Waals surface area contributed by atoms with Crippen LogP contribution >= 0.6 is 0 Å². The molecule has 0 aliphatic heterocycles. The van der Waals surface area contributed by atoms with Gasteiger partial charge in [-0.25, -0.2) is 33.1 Å². The molecular formula is C19H15F2N7O. The topological polar surface area (TPSA) is 94.5 Å². The summed E-state index contributed by atoms with van der Waals surface area (Å²) in [4.78, 5) is 12.0. The van der Waals surface area contributed by atoms with Gasteiger partial charge in [-0.2, -0.15) is 10.2 Å². The van der Waals surface area contributed by atoms with Crippen LogP contribution in [0.2, 0.25) is 0 Å². The Balaban J connectivity index is 1.75. The van der Waals surface area contributed by atoms with Gasteiger partial charge in [-0.1, -0.05) is 6.58 Å². The van der Waals surface area contributed by atoms with Crippen molar-refractivity contribution in [3.63, 3.8) is 0 Å². The van der Waals surface area contributed by atoms with Gasteiger partial charge in [0.25, 0.3) is 0 Å². The van der Waals surface area contributed by atoms with Crippen molar-refractivity contribution in [2.45, 2.75) is 12.1 Å². The van der Waals surface area contributed by atoms with E-state index in [1.807, 2.05) is 0 Å². The Morgan fingerprint density at radius 2 is 1.86 bits per heavy atom. The van der Waals surface area contributed by atoms with Gasteiger partial charge < -0.3 is 5.11 Å². The van der Waals surface area contributed by atoms with Crippen LogP contribution in [-0.2, 0) is 12.1 Å². The lowest BCUT2D eigenvalue weighted by Gasteiger charge is -2.31. The van der Waals surface area contributed by atoms with Gasteiger partial charge in [0, 0.05) is 17.8 Å². The van der Waals surface area contributed by atoms with Crippen LogP contribution in [0.4, 0.5) is 8.78 Å². The van der Waals surface area contributed by atoms with Crippen molar-refractivity contribution in [2.75, 3.05) is 0 Å². The highest BCUT2D eigenvalue weighted by Gasteiger charge is 2.37. The molecule has 3 heterocycles. The van der Waals surface area contributed by atoms with Crippen molar-refractivity contribution < 1.29 is 13.9 Å². The van der Waals surface area contributed by atoms with Crippen LogP contribution in [0, 0.1) is 11.6 Å². The summed E-state index contributed by atoms with van der Waals surface area (Å²) < 4.78 is 30.8. The fourth-order valence-electron chi connectivity index (χ4n) is 2.98.